The van der Waals surface area contributed by atoms with Gasteiger partial charge in [0.05, 0.1) is 5.56 Å². The summed E-state index contributed by atoms with van der Waals surface area (Å²) in [6, 6.07) is 12.5. The Morgan fingerprint density at radius 3 is 2.58 bits per heavy atom. The van der Waals surface area contributed by atoms with E-state index in [0.29, 0.717) is 28.6 Å². The molecule has 1 amide bonds. The lowest BCUT2D eigenvalue weighted by Crippen LogP contribution is -2.39. The number of halogens is 1. The molecular weight excluding hydrogens is 330 g/mol. The molecule has 1 aliphatic rings. The first kappa shape index (κ1) is 16.7. The summed E-state index contributed by atoms with van der Waals surface area (Å²) in [4.78, 5) is 12.6. The Bertz CT molecular complexity index is 717. The summed E-state index contributed by atoms with van der Waals surface area (Å²) in [6.45, 7) is 2.30. The first-order valence-electron chi connectivity index (χ1n) is 7.43. The van der Waals surface area contributed by atoms with Crippen LogP contribution in [0.25, 0.3) is 0 Å². The number of hydrogen-bond acceptors (Lipinski definition) is 6. The van der Waals surface area contributed by atoms with Crippen LogP contribution in [-0.2, 0) is 0 Å². The zero-order chi connectivity index (χ0) is 16.9. The Balaban J connectivity index is 1.73. The van der Waals surface area contributed by atoms with E-state index in [-0.39, 0.29) is 12.1 Å². The lowest BCUT2D eigenvalue weighted by atomic mass is 10.1. The average molecular weight is 348 g/mol. The van der Waals surface area contributed by atoms with Crippen LogP contribution in [0.3, 0.4) is 0 Å². The van der Waals surface area contributed by atoms with Gasteiger partial charge in [-0.05, 0) is 37.3 Å². The van der Waals surface area contributed by atoms with Gasteiger partial charge in [-0.2, -0.15) is 11.1 Å². The summed E-state index contributed by atoms with van der Waals surface area (Å²) in [5.74, 6) is 0.180. The Morgan fingerprint density at radius 1 is 1.17 bits per heavy atom. The van der Waals surface area contributed by atoms with Gasteiger partial charge in [-0.25, -0.2) is 10.9 Å². The number of amides is 1. The van der Waals surface area contributed by atoms with Crippen LogP contribution in [0, 0.1) is 6.92 Å². The van der Waals surface area contributed by atoms with E-state index in [2.05, 4.69) is 27.2 Å². The molecule has 2 aromatic rings. The second-order valence-electron chi connectivity index (χ2n) is 5.36. The molecule has 0 spiro atoms. The largest absolute Gasteiger partial charge is 0.490 e. The molecule has 1 heterocycles. The number of rotatable bonds is 5. The number of anilines is 1. The summed E-state index contributed by atoms with van der Waals surface area (Å²) < 4.78 is 5.73. The number of hydrazine groups is 3. The number of nitrogens with one attached hydrogen (secondary N) is 5. The van der Waals surface area contributed by atoms with Gasteiger partial charge in [0.15, 0.2) is 0 Å². The van der Waals surface area contributed by atoms with Gasteiger partial charge in [0.1, 0.15) is 18.5 Å². The van der Waals surface area contributed by atoms with E-state index in [1.807, 2.05) is 31.2 Å². The van der Waals surface area contributed by atoms with Crippen molar-refractivity contribution < 1.29 is 9.53 Å². The number of benzene rings is 2. The van der Waals surface area contributed by atoms with E-state index >= 15 is 0 Å². The third kappa shape index (κ3) is 4.22. The minimum Gasteiger partial charge on any atom is -0.490 e. The van der Waals surface area contributed by atoms with Crippen molar-refractivity contribution >= 4 is 23.2 Å². The Morgan fingerprint density at radius 2 is 1.88 bits per heavy atom. The Hall–Kier alpha value is -2.16. The van der Waals surface area contributed by atoms with E-state index < -0.39 is 0 Å². The van der Waals surface area contributed by atoms with Crippen LogP contribution in [0.1, 0.15) is 15.9 Å². The Labute approximate surface area is 144 Å². The van der Waals surface area contributed by atoms with Crippen LogP contribution in [0.2, 0.25) is 5.02 Å². The third-order valence-corrected chi connectivity index (χ3v) is 3.69. The van der Waals surface area contributed by atoms with Crippen molar-refractivity contribution in [2.24, 2.45) is 0 Å². The van der Waals surface area contributed by atoms with Gasteiger partial charge < -0.3 is 10.1 Å². The standard InChI is InChI=1S/C16H18ClN5O2/c1-10-2-5-12(6-3-10)18-16(23)13-8-11(17)4-7-14(13)24-9-15-19-21-22-20-15/h2-8,15,19-22H,9H2,1H3,(H,18,23). The summed E-state index contributed by atoms with van der Waals surface area (Å²) >= 11 is 6.03. The van der Waals surface area contributed by atoms with Crippen molar-refractivity contribution in [2.75, 3.05) is 11.9 Å². The van der Waals surface area contributed by atoms with E-state index in [0.717, 1.165) is 5.56 Å². The van der Waals surface area contributed by atoms with E-state index in [1.54, 1.807) is 18.2 Å². The molecule has 0 aliphatic carbocycles. The summed E-state index contributed by atoms with van der Waals surface area (Å²) in [7, 11) is 0. The van der Waals surface area contributed by atoms with Gasteiger partial charge in [0.2, 0.25) is 0 Å². The molecule has 0 atom stereocenters. The van der Waals surface area contributed by atoms with Crippen LogP contribution >= 0.6 is 11.6 Å². The molecule has 0 aromatic heterocycles. The third-order valence-electron chi connectivity index (χ3n) is 3.46. The topological polar surface area (TPSA) is 86.5 Å². The predicted molar refractivity (Wildman–Crippen MR) is 92.4 cm³/mol. The smallest absolute Gasteiger partial charge is 0.259 e. The molecule has 0 bridgehead atoms. The zero-order valence-corrected chi connectivity index (χ0v) is 13.8. The van der Waals surface area contributed by atoms with Gasteiger partial charge >= 0.3 is 0 Å². The fourth-order valence-corrected chi connectivity index (χ4v) is 2.35. The van der Waals surface area contributed by atoms with Gasteiger partial charge in [-0.15, -0.1) is 0 Å². The molecule has 5 N–H and O–H groups in total. The zero-order valence-electron chi connectivity index (χ0n) is 13.0. The highest BCUT2D eigenvalue weighted by atomic mass is 35.5. The van der Waals surface area contributed by atoms with Crippen LogP contribution in [0.5, 0.6) is 5.75 Å². The molecule has 7 nitrogen and oxygen atoms in total. The molecule has 0 unspecified atom stereocenters. The molecular formula is C16H18ClN5O2. The van der Waals surface area contributed by atoms with Gasteiger partial charge in [0, 0.05) is 10.7 Å². The average Bonchev–Trinajstić information content (AvgIpc) is 3.09. The maximum atomic E-state index is 12.6. The summed E-state index contributed by atoms with van der Waals surface area (Å²) in [5.41, 5.74) is 13.4. The van der Waals surface area contributed by atoms with Crippen LogP contribution in [0.15, 0.2) is 42.5 Å². The SMILES string of the molecule is Cc1ccc(NC(=O)c2cc(Cl)ccc2OCC2NNNN2)cc1. The Kier molecular flexibility index (Phi) is 5.29. The van der Waals surface area contributed by atoms with E-state index in [1.165, 1.54) is 0 Å². The van der Waals surface area contributed by atoms with Crippen molar-refractivity contribution in [3.63, 3.8) is 0 Å². The number of hydrogen-bond donors (Lipinski definition) is 5. The second kappa shape index (κ2) is 7.61. The first-order chi connectivity index (χ1) is 11.6. The molecule has 0 radical (unpaired) electrons. The predicted octanol–water partition coefficient (Wildman–Crippen LogP) is 1.72. The second-order valence-corrected chi connectivity index (χ2v) is 5.80. The van der Waals surface area contributed by atoms with Crippen LogP contribution < -0.4 is 32.0 Å². The van der Waals surface area contributed by atoms with E-state index in [9.17, 15) is 4.79 Å². The van der Waals surface area contributed by atoms with Crippen molar-refractivity contribution in [1.29, 1.82) is 0 Å². The normalized spacial score (nSPS) is 14.6. The highest BCUT2D eigenvalue weighted by molar-refractivity contribution is 6.31. The van der Waals surface area contributed by atoms with Crippen LogP contribution in [-0.4, -0.2) is 18.7 Å². The van der Waals surface area contributed by atoms with Gasteiger partial charge in [-0.1, -0.05) is 29.3 Å². The van der Waals surface area contributed by atoms with Gasteiger partial charge in [0.25, 0.3) is 5.91 Å². The lowest BCUT2D eigenvalue weighted by Gasteiger charge is -2.15. The lowest BCUT2D eigenvalue weighted by molar-refractivity contribution is 0.102. The fourth-order valence-electron chi connectivity index (χ4n) is 2.18. The highest BCUT2D eigenvalue weighted by Gasteiger charge is 2.17. The highest BCUT2D eigenvalue weighted by Crippen LogP contribution is 2.24. The number of carbonyl (C=O) groups is 1. The number of carbonyl (C=O) groups excluding carboxylic acids is 1. The fraction of sp³-hybridized carbons (Fsp3) is 0.188. The van der Waals surface area contributed by atoms with E-state index in [4.69, 9.17) is 16.3 Å². The summed E-state index contributed by atoms with van der Waals surface area (Å²) in [5, 5.41) is 3.32. The molecule has 0 saturated carbocycles. The quantitative estimate of drug-likeness (QED) is 0.566. The van der Waals surface area contributed by atoms with Crippen molar-refractivity contribution in [1.82, 2.24) is 21.9 Å². The molecule has 1 saturated heterocycles. The number of ether oxygens (including phenoxy) is 1. The van der Waals surface area contributed by atoms with Crippen LogP contribution in [0.4, 0.5) is 5.69 Å². The number of aryl methyl sites for hydroxylation is 1. The molecule has 1 fully saturated rings. The van der Waals surface area contributed by atoms with Crippen molar-refractivity contribution in [3.8, 4) is 5.75 Å². The molecule has 3 rings (SSSR count). The maximum absolute atomic E-state index is 12.6. The molecule has 126 valence electrons. The van der Waals surface area contributed by atoms with Crippen molar-refractivity contribution in [3.05, 3.63) is 58.6 Å². The minimum atomic E-state index is -0.278. The minimum absolute atomic E-state index is 0.131. The molecule has 8 heteroatoms. The summed E-state index contributed by atoms with van der Waals surface area (Å²) in [6.07, 6.45) is -0.131. The van der Waals surface area contributed by atoms with Crippen molar-refractivity contribution in [2.45, 2.75) is 13.1 Å². The van der Waals surface area contributed by atoms with Gasteiger partial charge in [-0.3, -0.25) is 4.79 Å². The molecule has 2 aromatic carbocycles. The first-order valence-corrected chi connectivity index (χ1v) is 7.81. The monoisotopic (exact) mass is 347 g/mol. The molecule has 1 aliphatic heterocycles. The maximum Gasteiger partial charge on any atom is 0.259 e. The molecule has 24 heavy (non-hydrogen) atoms.